The third-order valence-electron chi connectivity index (χ3n) is 2.15. The van der Waals surface area contributed by atoms with Gasteiger partial charge in [-0.1, -0.05) is 0 Å². The Bertz CT molecular complexity index is 390. The first kappa shape index (κ1) is 14.8. The molecule has 0 unspecified atom stereocenters. The summed E-state index contributed by atoms with van der Waals surface area (Å²) >= 11 is 0. The second kappa shape index (κ2) is 6.04. The van der Waals surface area contributed by atoms with Gasteiger partial charge in [-0.05, 0) is 32.0 Å². The van der Waals surface area contributed by atoms with Gasteiger partial charge in [0.1, 0.15) is 5.82 Å². The second-order valence-corrected chi connectivity index (χ2v) is 4.04. The quantitative estimate of drug-likeness (QED) is 0.647. The predicted octanol–water partition coefficient (Wildman–Crippen LogP) is 3.68. The van der Waals surface area contributed by atoms with Crippen molar-refractivity contribution >= 4 is 5.69 Å². The zero-order valence-electron chi connectivity index (χ0n) is 10.1. The van der Waals surface area contributed by atoms with Gasteiger partial charge in [0.15, 0.2) is 0 Å². The molecule has 1 aromatic carbocycles. The molecule has 0 heterocycles. The molecule has 1 aromatic rings. The van der Waals surface area contributed by atoms with Gasteiger partial charge in [0, 0.05) is 12.2 Å². The topological polar surface area (TPSA) is 21.3 Å². The molecule has 0 atom stereocenters. The van der Waals surface area contributed by atoms with Crippen molar-refractivity contribution in [3.05, 3.63) is 29.6 Å². The number of benzene rings is 1. The molecule has 1 rings (SSSR count). The normalized spacial score (nSPS) is 11.9. The van der Waals surface area contributed by atoms with E-state index in [1.807, 2.05) is 13.8 Å². The molecule has 0 amide bonds. The van der Waals surface area contributed by atoms with Gasteiger partial charge < -0.3 is 10.1 Å². The molecule has 0 fully saturated rings. The molecule has 0 aromatic heterocycles. The summed E-state index contributed by atoms with van der Waals surface area (Å²) in [5, 5.41) is 2.75. The van der Waals surface area contributed by atoms with Crippen LogP contribution < -0.4 is 5.32 Å². The first-order chi connectivity index (χ1) is 8.30. The van der Waals surface area contributed by atoms with Crippen LogP contribution in [0.3, 0.4) is 0 Å². The van der Waals surface area contributed by atoms with Gasteiger partial charge in [-0.15, -0.1) is 0 Å². The highest BCUT2D eigenvalue weighted by Gasteiger charge is 2.34. The number of alkyl halides is 3. The molecular weight excluding hydrogens is 250 g/mol. The van der Waals surface area contributed by atoms with Crippen LogP contribution in [0.5, 0.6) is 0 Å². The molecule has 0 saturated carbocycles. The van der Waals surface area contributed by atoms with Gasteiger partial charge in [-0.2, -0.15) is 13.2 Å². The van der Waals surface area contributed by atoms with Crippen LogP contribution in [-0.4, -0.2) is 19.3 Å². The van der Waals surface area contributed by atoms with Crippen molar-refractivity contribution in [1.82, 2.24) is 0 Å². The van der Waals surface area contributed by atoms with E-state index in [1.54, 1.807) is 0 Å². The van der Waals surface area contributed by atoms with Crippen LogP contribution in [-0.2, 0) is 10.9 Å². The SMILES string of the molecule is CC(C)OCCNc1ccc(F)c(C(F)(F)F)c1. The average Bonchev–Trinajstić information content (AvgIpc) is 2.24. The minimum atomic E-state index is -4.68. The van der Waals surface area contributed by atoms with E-state index in [4.69, 9.17) is 4.74 Å². The van der Waals surface area contributed by atoms with Crippen LogP contribution in [0, 0.1) is 5.82 Å². The van der Waals surface area contributed by atoms with Crippen molar-refractivity contribution in [3.8, 4) is 0 Å². The summed E-state index contributed by atoms with van der Waals surface area (Å²) in [6.07, 6.45) is -4.62. The van der Waals surface area contributed by atoms with Gasteiger partial charge in [-0.3, -0.25) is 0 Å². The Morgan fingerprint density at radius 3 is 2.50 bits per heavy atom. The van der Waals surface area contributed by atoms with Crippen LogP contribution in [0.1, 0.15) is 19.4 Å². The van der Waals surface area contributed by atoms with E-state index in [9.17, 15) is 17.6 Å². The first-order valence-corrected chi connectivity index (χ1v) is 5.53. The summed E-state index contributed by atoms with van der Waals surface area (Å²) < 4.78 is 55.5. The zero-order chi connectivity index (χ0) is 13.8. The lowest BCUT2D eigenvalue weighted by Crippen LogP contribution is -2.14. The molecule has 0 bridgehead atoms. The van der Waals surface area contributed by atoms with Crippen molar-refractivity contribution in [2.45, 2.75) is 26.1 Å². The summed E-state index contributed by atoms with van der Waals surface area (Å²) in [5.74, 6) is -1.27. The van der Waals surface area contributed by atoms with E-state index < -0.39 is 17.6 Å². The molecule has 0 aliphatic rings. The van der Waals surface area contributed by atoms with Crippen molar-refractivity contribution in [3.63, 3.8) is 0 Å². The van der Waals surface area contributed by atoms with Gasteiger partial charge in [0.2, 0.25) is 0 Å². The Hall–Kier alpha value is -1.30. The van der Waals surface area contributed by atoms with Gasteiger partial charge in [0.25, 0.3) is 0 Å². The number of hydrogen-bond acceptors (Lipinski definition) is 2. The van der Waals surface area contributed by atoms with Crippen molar-refractivity contribution < 1.29 is 22.3 Å². The minimum Gasteiger partial charge on any atom is -0.383 e. The molecule has 0 spiro atoms. The Morgan fingerprint density at radius 1 is 1.28 bits per heavy atom. The number of halogens is 4. The van der Waals surface area contributed by atoms with Crippen molar-refractivity contribution in [2.75, 3.05) is 18.5 Å². The molecule has 2 nitrogen and oxygen atoms in total. The first-order valence-electron chi connectivity index (χ1n) is 5.53. The number of rotatable bonds is 5. The highest BCUT2D eigenvalue weighted by Crippen LogP contribution is 2.32. The van der Waals surface area contributed by atoms with Crippen LogP contribution in [0.15, 0.2) is 18.2 Å². The molecule has 102 valence electrons. The largest absolute Gasteiger partial charge is 0.419 e. The number of hydrogen-bond donors (Lipinski definition) is 1. The third-order valence-corrected chi connectivity index (χ3v) is 2.15. The smallest absolute Gasteiger partial charge is 0.383 e. The fourth-order valence-corrected chi connectivity index (χ4v) is 1.34. The molecule has 18 heavy (non-hydrogen) atoms. The Labute approximate surface area is 103 Å². The molecule has 0 radical (unpaired) electrons. The average molecular weight is 265 g/mol. The molecule has 0 aliphatic carbocycles. The lowest BCUT2D eigenvalue weighted by molar-refractivity contribution is -0.139. The van der Waals surface area contributed by atoms with E-state index in [0.29, 0.717) is 13.2 Å². The van der Waals surface area contributed by atoms with E-state index in [0.717, 1.165) is 12.1 Å². The Kier molecular flexibility index (Phi) is 4.95. The number of nitrogens with one attached hydrogen (secondary N) is 1. The van der Waals surface area contributed by atoms with E-state index >= 15 is 0 Å². The van der Waals surface area contributed by atoms with Gasteiger partial charge >= 0.3 is 6.18 Å². The van der Waals surface area contributed by atoms with E-state index in [1.165, 1.54) is 6.07 Å². The fraction of sp³-hybridized carbons (Fsp3) is 0.500. The maximum atomic E-state index is 13.0. The summed E-state index contributed by atoms with van der Waals surface area (Å²) in [6.45, 7) is 4.46. The van der Waals surface area contributed by atoms with E-state index in [2.05, 4.69) is 5.32 Å². The van der Waals surface area contributed by atoms with Gasteiger partial charge in [-0.25, -0.2) is 4.39 Å². The minimum absolute atomic E-state index is 0.0609. The highest BCUT2D eigenvalue weighted by molar-refractivity contribution is 5.47. The summed E-state index contributed by atoms with van der Waals surface area (Å²) in [7, 11) is 0. The standard InChI is InChI=1S/C12H15F4NO/c1-8(2)18-6-5-17-9-3-4-11(13)10(7-9)12(14,15)16/h3-4,7-8,17H,5-6H2,1-2H3. The zero-order valence-corrected chi connectivity index (χ0v) is 10.1. The van der Waals surface area contributed by atoms with Crippen LogP contribution in [0.25, 0.3) is 0 Å². The Morgan fingerprint density at radius 2 is 1.94 bits per heavy atom. The fourth-order valence-electron chi connectivity index (χ4n) is 1.34. The molecule has 6 heteroatoms. The van der Waals surface area contributed by atoms with Crippen LogP contribution in [0.4, 0.5) is 23.2 Å². The maximum absolute atomic E-state index is 13.0. The lowest BCUT2D eigenvalue weighted by Gasteiger charge is -2.12. The molecular formula is C12H15F4NO. The van der Waals surface area contributed by atoms with E-state index in [-0.39, 0.29) is 11.8 Å². The third kappa shape index (κ3) is 4.52. The summed E-state index contributed by atoms with van der Waals surface area (Å²) in [4.78, 5) is 0. The Balaban J connectivity index is 2.63. The van der Waals surface area contributed by atoms with Crippen LogP contribution in [0.2, 0.25) is 0 Å². The predicted molar refractivity (Wildman–Crippen MR) is 61.0 cm³/mol. The van der Waals surface area contributed by atoms with Crippen molar-refractivity contribution in [2.24, 2.45) is 0 Å². The molecule has 0 saturated heterocycles. The lowest BCUT2D eigenvalue weighted by atomic mass is 10.2. The molecule has 0 aliphatic heterocycles. The number of anilines is 1. The molecule has 1 N–H and O–H groups in total. The second-order valence-electron chi connectivity index (χ2n) is 4.04. The van der Waals surface area contributed by atoms with Gasteiger partial charge in [0.05, 0.1) is 18.3 Å². The highest BCUT2D eigenvalue weighted by atomic mass is 19.4. The number of ether oxygens (including phenoxy) is 1. The maximum Gasteiger partial charge on any atom is 0.419 e. The summed E-state index contributed by atoms with van der Waals surface area (Å²) in [5.41, 5.74) is -1.05. The van der Waals surface area contributed by atoms with Crippen molar-refractivity contribution in [1.29, 1.82) is 0 Å². The monoisotopic (exact) mass is 265 g/mol. The van der Waals surface area contributed by atoms with Crippen LogP contribution >= 0.6 is 0 Å². The summed E-state index contributed by atoms with van der Waals surface area (Å²) in [6, 6.07) is 2.82.